The van der Waals surface area contributed by atoms with Crippen molar-refractivity contribution in [3.8, 4) is 0 Å². The third-order valence-electron chi connectivity index (χ3n) is 2.93. The summed E-state index contributed by atoms with van der Waals surface area (Å²) < 4.78 is 0. The van der Waals surface area contributed by atoms with E-state index in [4.69, 9.17) is 23.2 Å². The Balaban J connectivity index is 1.73. The highest BCUT2D eigenvalue weighted by Crippen LogP contribution is 2.25. The van der Waals surface area contributed by atoms with E-state index in [1.54, 1.807) is 18.2 Å². The number of nitrogens with one attached hydrogen (secondary N) is 2. The van der Waals surface area contributed by atoms with E-state index in [-0.39, 0.29) is 5.91 Å². The lowest BCUT2D eigenvalue weighted by molar-refractivity contribution is -0.121. The maximum Gasteiger partial charge on any atom is 0.222 e. The molecule has 21 heavy (non-hydrogen) atoms. The van der Waals surface area contributed by atoms with Gasteiger partial charge in [0.15, 0.2) is 0 Å². The number of amides is 1. The predicted molar refractivity (Wildman–Crippen MR) is 87.9 cm³/mol. The van der Waals surface area contributed by atoms with Gasteiger partial charge in [-0.1, -0.05) is 53.5 Å². The van der Waals surface area contributed by atoms with Crippen molar-refractivity contribution in [3.63, 3.8) is 0 Å². The largest absolute Gasteiger partial charge is 0.383 e. The summed E-state index contributed by atoms with van der Waals surface area (Å²) in [5, 5.41) is 7.17. The minimum absolute atomic E-state index is 0.00972. The van der Waals surface area contributed by atoms with Crippen molar-refractivity contribution in [3.05, 3.63) is 64.1 Å². The lowest BCUT2D eigenvalue weighted by Gasteiger charge is -2.09. The molecule has 0 bridgehead atoms. The van der Waals surface area contributed by atoms with Crippen LogP contribution in [0, 0.1) is 0 Å². The van der Waals surface area contributed by atoms with Crippen LogP contribution in [0.5, 0.6) is 0 Å². The summed E-state index contributed by atoms with van der Waals surface area (Å²) in [5.41, 5.74) is 1.82. The summed E-state index contributed by atoms with van der Waals surface area (Å²) >= 11 is 11.9. The third-order valence-corrected chi connectivity index (χ3v) is 3.49. The molecule has 0 aliphatic rings. The van der Waals surface area contributed by atoms with Crippen molar-refractivity contribution >= 4 is 34.8 Å². The fraction of sp³-hybridized carbons (Fsp3) is 0.188. The fourth-order valence-electron chi connectivity index (χ4n) is 1.83. The van der Waals surface area contributed by atoms with E-state index in [0.29, 0.717) is 29.6 Å². The summed E-state index contributed by atoms with van der Waals surface area (Å²) in [6, 6.07) is 15.0. The van der Waals surface area contributed by atoms with Gasteiger partial charge < -0.3 is 10.6 Å². The summed E-state index contributed by atoms with van der Waals surface area (Å²) in [6.07, 6.45) is 0.371. The first kappa shape index (κ1) is 15.7. The number of hydrogen-bond donors (Lipinski definition) is 2. The maximum atomic E-state index is 11.7. The van der Waals surface area contributed by atoms with Gasteiger partial charge in [-0.05, 0) is 23.8 Å². The molecule has 0 aromatic heterocycles. The van der Waals surface area contributed by atoms with Crippen LogP contribution in [0.25, 0.3) is 0 Å². The van der Waals surface area contributed by atoms with Crippen molar-refractivity contribution in [2.45, 2.75) is 13.0 Å². The van der Waals surface area contributed by atoms with Gasteiger partial charge in [0.05, 0.1) is 10.7 Å². The van der Waals surface area contributed by atoms with Crippen LogP contribution in [-0.4, -0.2) is 12.5 Å². The van der Waals surface area contributed by atoms with Gasteiger partial charge in [0.2, 0.25) is 5.91 Å². The Labute approximate surface area is 134 Å². The monoisotopic (exact) mass is 322 g/mol. The highest BCUT2D eigenvalue weighted by Gasteiger charge is 2.04. The zero-order chi connectivity index (χ0) is 15.1. The fourth-order valence-corrected chi connectivity index (χ4v) is 2.19. The first-order chi connectivity index (χ1) is 10.1. The number of benzene rings is 2. The van der Waals surface area contributed by atoms with Crippen LogP contribution in [0.3, 0.4) is 0 Å². The van der Waals surface area contributed by atoms with Crippen molar-refractivity contribution < 1.29 is 4.79 Å². The molecule has 1 amide bonds. The van der Waals surface area contributed by atoms with E-state index in [1.165, 1.54) is 0 Å². The van der Waals surface area contributed by atoms with E-state index in [1.807, 2.05) is 30.3 Å². The Kier molecular flexibility index (Phi) is 5.90. The van der Waals surface area contributed by atoms with E-state index >= 15 is 0 Å². The Morgan fingerprint density at radius 2 is 1.81 bits per heavy atom. The second-order valence-electron chi connectivity index (χ2n) is 4.56. The SMILES string of the molecule is O=C(CCNc1cc(Cl)ccc1Cl)NCc1ccccc1. The molecule has 0 heterocycles. The summed E-state index contributed by atoms with van der Waals surface area (Å²) in [5.74, 6) is -0.00972. The molecule has 0 radical (unpaired) electrons. The summed E-state index contributed by atoms with van der Waals surface area (Å²) in [6.45, 7) is 1.04. The molecule has 0 saturated heterocycles. The second-order valence-corrected chi connectivity index (χ2v) is 5.41. The highest BCUT2D eigenvalue weighted by molar-refractivity contribution is 6.35. The topological polar surface area (TPSA) is 41.1 Å². The van der Waals surface area contributed by atoms with Crippen LogP contribution in [0.1, 0.15) is 12.0 Å². The van der Waals surface area contributed by atoms with Gasteiger partial charge in [-0.3, -0.25) is 4.79 Å². The summed E-state index contributed by atoms with van der Waals surface area (Å²) in [4.78, 5) is 11.7. The number of hydrogen-bond acceptors (Lipinski definition) is 2. The quantitative estimate of drug-likeness (QED) is 0.840. The molecule has 5 heteroatoms. The normalized spacial score (nSPS) is 10.2. The first-order valence-electron chi connectivity index (χ1n) is 6.65. The third kappa shape index (κ3) is 5.29. The molecule has 0 fully saturated rings. The van der Waals surface area contributed by atoms with Gasteiger partial charge in [-0.2, -0.15) is 0 Å². The highest BCUT2D eigenvalue weighted by atomic mass is 35.5. The van der Waals surface area contributed by atoms with E-state index in [0.717, 1.165) is 11.3 Å². The molecule has 2 aromatic carbocycles. The van der Waals surface area contributed by atoms with Gasteiger partial charge in [0, 0.05) is 24.5 Å². The predicted octanol–water partition coefficient (Wildman–Crippen LogP) is 4.11. The summed E-state index contributed by atoms with van der Waals surface area (Å²) in [7, 11) is 0. The second kappa shape index (κ2) is 7.91. The number of carbonyl (C=O) groups is 1. The Morgan fingerprint density at radius 1 is 1.05 bits per heavy atom. The molecule has 0 atom stereocenters. The lowest BCUT2D eigenvalue weighted by Crippen LogP contribution is -2.24. The molecule has 0 unspecified atom stereocenters. The molecule has 3 nitrogen and oxygen atoms in total. The van der Waals surface area contributed by atoms with Gasteiger partial charge in [0.25, 0.3) is 0 Å². The van der Waals surface area contributed by atoms with Gasteiger partial charge >= 0.3 is 0 Å². The minimum Gasteiger partial charge on any atom is -0.383 e. The zero-order valence-electron chi connectivity index (χ0n) is 11.4. The Morgan fingerprint density at radius 3 is 2.57 bits per heavy atom. The van der Waals surface area contributed by atoms with Crippen molar-refractivity contribution in [1.82, 2.24) is 5.32 Å². The minimum atomic E-state index is -0.00972. The van der Waals surface area contributed by atoms with E-state index in [2.05, 4.69) is 10.6 Å². The Hall–Kier alpha value is -1.71. The van der Waals surface area contributed by atoms with Crippen LogP contribution in [0.15, 0.2) is 48.5 Å². The standard InChI is InChI=1S/C16H16Cl2N2O/c17-13-6-7-14(18)15(10-13)19-9-8-16(21)20-11-12-4-2-1-3-5-12/h1-7,10,19H,8-9,11H2,(H,20,21). The number of halogens is 2. The lowest BCUT2D eigenvalue weighted by atomic mass is 10.2. The molecular weight excluding hydrogens is 307 g/mol. The smallest absolute Gasteiger partial charge is 0.222 e. The van der Waals surface area contributed by atoms with Gasteiger partial charge in [-0.25, -0.2) is 0 Å². The molecule has 2 rings (SSSR count). The molecule has 2 aromatic rings. The molecule has 0 spiro atoms. The van der Waals surface area contributed by atoms with E-state index in [9.17, 15) is 4.79 Å². The molecular formula is C16H16Cl2N2O. The molecule has 2 N–H and O–H groups in total. The zero-order valence-corrected chi connectivity index (χ0v) is 12.9. The number of carbonyl (C=O) groups excluding carboxylic acids is 1. The van der Waals surface area contributed by atoms with E-state index < -0.39 is 0 Å². The van der Waals surface area contributed by atoms with Crippen LogP contribution < -0.4 is 10.6 Å². The Bertz CT molecular complexity index is 602. The van der Waals surface area contributed by atoms with Crippen molar-refractivity contribution in [2.75, 3.05) is 11.9 Å². The molecule has 0 aliphatic carbocycles. The number of rotatable bonds is 6. The van der Waals surface area contributed by atoms with Gasteiger partial charge in [-0.15, -0.1) is 0 Å². The molecule has 0 aliphatic heterocycles. The van der Waals surface area contributed by atoms with Crippen molar-refractivity contribution in [2.24, 2.45) is 0 Å². The van der Waals surface area contributed by atoms with Gasteiger partial charge in [0.1, 0.15) is 0 Å². The number of anilines is 1. The van der Waals surface area contributed by atoms with Crippen LogP contribution in [0.2, 0.25) is 10.0 Å². The first-order valence-corrected chi connectivity index (χ1v) is 7.40. The van der Waals surface area contributed by atoms with Crippen LogP contribution in [0.4, 0.5) is 5.69 Å². The molecule has 0 saturated carbocycles. The maximum absolute atomic E-state index is 11.7. The average Bonchev–Trinajstić information content (AvgIpc) is 2.50. The van der Waals surface area contributed by atoms with Crippen molar-refractivity contribution in [1.29, 1.82) is 0 Å². The van der Waals surface area contributed by atoms with Crippen LogP contribution >= 0.6 is 23.2 Å². The van der Waals surface area contributed by atoms with Crippen LogP contribution in [-0.2, 0) is 11.3 Å². The average molecular weight is 323 g/mol. The molecule has 110 valence electrons.